The Morgan fingerprint density at radius 3 is 2.50 bits per heavy atom. The number of amides is 2. The molecule has 0 saturated carbocycles. The number of rotatable bonds is 3. The molecule has 28 heavy (non-hydrogen) atoms. The molecule has 8 heteroatoms. The largest absolute Gasteiger partial charge is 0.416 e. The minimum atomic E-state index is -4.55. The molecule has 148 valence electrons. The summed E-state index contributed by atoms with van der Waals surface area (Å²) in [5, 5.41) is 2.42. The first kappa shape index (κ1) is 20.2. The van der Waals surface area contributed by atoms with Gasteiger partial charge in [-0.2, -0.15) is 13.2 Å². The molecule has 1 saturated heterocycles. The SMILES string of the molecule is Cc1ccc(N2C[C@H](C(=O)Nc3cc(C(F)(F)F)ccc3Cl)CC2=O)cc1C. The molecular formula is C20H18ClF3N2O2. The second-order valence-corrected chi connectivity index (χ2v) is 7.26. The minimum absolute atomic E-state index is 0.00307. The van der Waals surface area contributed by atoms with Crippen LogP contribution in [0.4, 0.5) is 24.5 Å². The highest BCUT2D eigenvalue weighted by Gasteiger charge is 2.36. The maximum Gasteiger partial charge on any atom is 0.416 e. The lowest BCUT2D eigenvalue weighted by atomic mass is 10.1. The van der Waals surface area contributed by atoms with E-state index in [1.54, 1.807) is 0 Å². The van der Waals surface area contributed by atoms with Crippen molar-refractivity contribution in [1.82, 2.24) is 0 Å². The van der Waals surface area contributed by atoms with Gasteiger partial charge in [-0.15, -0.1) is 0 Å². The number of aryl methyl sites for hydroxylation is 2. The van der Waals surface area contributed by atoms with Gasteiger partial charge in [-0.1, -0.05) is 17.7 Å². The molecule has 1 aliphatic rings. The molecule has 1 N–H and O–H groups in total. The van der Waals surface area contributed by atoms with Crippen molar-refractivity contribution in [2.24, 2.45) is 5.92 Å². The van der Waals surface area contributed by atoms with E-state index >= 15 is 0 Å². The van der Waals surface area contributed by atoms with E-state index in [-0.39, 0.29) is 29.6 Å². The van der Waals surface area contributed by atoms with Crippen LogP contribution in [-0.2, 0) is 15.8 Å². The quantitative estimate of drug-likeness (QED) is 0.776. The monoisotopic (exact) mass is 410 g/mol. The molecule has 3 rings (SSSR count). The molecule has 1 fully saturated rings. The van der Waals surface area contributed by atoms with Gasteiger partial charge < -0.3 is 10.2 Å². The van der Waals surface area contributed by atoms with Crippen LogP contribution >= 0.6 is 11.6 Å². The summed E-state index contributed by atoms with van der Waals surface area (Å²) in [5.74, 6) is -1.43. The van der Waals surface area contributed by atoms with E-state index in [0.717, 1.165) is 29.3 Å². The predicted molar refractivity (Wildman–Crippen MR) is 101 cm³/mol. The van der Waals surface area contributed by atoms with Crippen molar-refractivity contribution in [3.8, 4) is 0 Å². The lowest BCUT2D eigenvalue weighted by molar-refractivity contribution is -0.137. The van der Waals surface area contributed by atoms with Gasteiger partial charge in [-0.3, -0.25) is 9.59 Å². The van der Waals surface area contributed by atoms with Crippen molar-refractivity contribution in [3.05, 3.63) is 58.1 Å². The number of hydrogen-bond donors (Lipinski definition) is 1. The highest BCUT2D eigenvalue weighted by Crippen LogP contribution is 2.34. The summed E-state index contributed by atoms with van der Waals surface area (Å²) in [6, 6.07) is 8.30. The lowest BCUT2D eigenvalue weighted by Crippen LogP contribution is -2.28. The molecule has 2 amide bonds. The molecule has 0 unspecified atom stereocenters. The van der Waals surface area contributed by atoms with Gasteiger partial charge in [0.15, 0.2) is 0 Å². The van der Waals surface area contributed by atoms with E-state index in [2.05, 4.69) is 5.32 Å². The van der Waals surface area contributed by atoms with Crippen molar-refractivity contribution < 1.29 is 22.8 Å². The molecule has 0 radical (unpaired) electrons. The van der Waals surface area contributed by atoms with Gasteiger partial charge >= 0.3 is 6.18 Å². The molecule has 2 aromatic carbocycles. The van der Waals surface area contributed by atoms with Gasteiger partial charge in [0.05, 0.1) is 22.2 Å². The number of nitrogens with zero attached hydrogens (tertiary/aromatic N) is 1. The van der Waals surface area contributed by atoms with Crippen molar-refractivity contribution in [1.29, 1.82) is 0 Å². The molecule has 0 spiro atoms. The third-order valence-corrected chi connectivity index (χ3v) is 5.18. The molecule has 2 aromatic rings. The zero-order valence-electron chi connectivity index (χ0n) is 15.2. The first-order valence-corrected chi connectivity index (χ1v) is 8.99. The number of carbonyl (C=O) groups excluding carboxylic acids is 2. The molecule has 1 atom stereocenters. The number of halogens is 4. The second-order valence-electron chi connectivity index (χ2n) is 6.86. The summed E-state index contributed by atoms with van der Waals surface area (Å²) in [7, 11) is 0. The van der Waals surface area contributed by atoms with Gasteiger partial charge in [0, 0.05) is 18.7 Å². The fraction of sp³-hybridized carbons (Fsp3) is 0.300. The molecule has 1 aliphatic heterocycles. The summed E-state index contributed by atoms with van der Waals surface area (Å²) in [5.41, 5.74) is 1.77. The average Bonchev–Trinajstić information content (AvgIpc) is 3.00. The number of hydrogen-bond acceptors (Lipinski definition) is 2. The fourth-order valence-corrected chi connectivity index (χ4v) is 3.22. The average molecular weight is 411 g/mol. The Morgan fingerprint density at radius 2 is 1.86 bits per heavy atom. The van der Waals surface area contributed by atoms with Crippen LogP contribution in [0, 0.1) is 19.8 Å². The molecule has 0 aliphatic carbocycles. The number of anilines is 2. The third kappa shape index (κ3) is 4.14. The Balaban J connectivity index is 1.76. The van der Waals surface area contributed by atoms with Gasteiger partial charge in [0.1, 0.15) is 0 Å². The van der Waals surface area contributed by atoms with Crippen LogP contribution in [0.5, 0.6) is 0 Å². The normalized spacial score (nSPS) is 17.1. The topological polar surface area (TPSA) is 49.4 Å². The smallest absolute Gasteiger partial charge is 0.324 e. The molecule has 4 nitrogen and oxygen atoms in total. The molecule has 0 aromatic heterocycles. The standard InChI is InChI=1S/C20H18ClF3N2O2/c1-11-3-5-15(7-12(11)2)26-10-13(8-18(26)27)19(28)25-17-9-14(20(22,23)24)4-6-16(17)21/h3-7,9,13H,8,10H2,1-2H3,(H,25,28)/t13-/m1/s1. The van der Waals surface area contributed by atoms with E-state index in [4.69, 9.17) is 11.6 Å². The number of nitrogens with one attached hydrogen (secondary N) is 1. The highest BCUT2D eigenvalue weighted by molar-refractivity contribution is 6.33. The first-order chi connectivity index (χ1) is 13.1. The van der Waals surface area contributed by atoms with Crippen LogP contribution in [-0.4, -0.2) is 18.4 Å². The van der Waals surface area contributed by atoms with Crippen molar-refractivity contribution in [2.75, 3.05) is 16.8 Å². The zero-order chi connectivity index (χ0) is 20.6. The van der Waals surface area contributed by atoms with E-state index in [1.165, 1.54) is 4.90 Å². The highest BCUT2D eigenvalue weighted by atomic mass is 35.5. The summed E-state index contributed by atoms with van der Waals surface area (Å²) < 4.78 is 38.6. The fourth-order valence-electron chi connectivity index (χ4n) is 3.06. The number of alkyl halides is 3. The van der Waals surface area contributed by atoms with E-state index in [9.17, 15) is 22.8 Å². The van der Waals surface area contributed by atoms with Crippen LogP contribution in [0.1, 0.15) is 23.1 Å². The maximum absolute atomic E-state index is 12.9. The summed E-state index contributed by atoms with van der Waals surface area (Å²) in [6.45, 7) is 4.04. The summed E-state index contributed by atoms with van der Waals surface area (Å²) in [6.07, 6.45) is -4.57. The summed E-state index contributed by atoms with van der Waals surface area (Å²) >= 11 is 5.92. The van der Waals surface area contributed by atoms with Crippen molar-refractivity contribution >= 4 is 34.8 Å². The zero-order valence-corrected chi connectivity index (χ0v) is 16.0. The van der Waals surface area contributed by atoms with Crippen molar-refractivity contribution in [3.63, 3.8) is 0 Å². The van der Waals surface area contributed by atoms with Crippen LogP contribution in [0.25, 0.3) is 0 Å². The van der Waals surface area contributed by atoms with Crippen LogP contribution in [0.2, 0.25) is 5.02 Å². The summed E-state index contributed by atoms with van der Waals surface area (Å²) in [4.78, 5) is 26.4. The van der Waals surface area contributed by atoms with E-state index in [1.807, 2.05) is 32.0 Å². The molecule has 1 heterocycles. The third-order valence-electron chi connectivity index (χ3n) is 4.85. The first-order valence-electron chi connectivity index (χ1n) is 8.61. The van der Waals surface area contributed by atoms with Crippen molar-refractivity contribution in [2.45, 2.75) is 26.4 Å². The lowest BCUT2D eigenvalue weighted by Gasteiger charge is -2.18. The Kier molecular flexibility index (Phi) is 5.39. The Hall–Kier alpha value is -2.54. The van der Waals surface area contributed by atoms with Gasteiger partial charge in [-0.05, 0) is 55.3 Å². The van der Waals surface area contributed by atoms with E-state index in [0.29, 0.717) is 5.69 Å². The Bertz CT molecular complexity index is 944. The number of carbonyl (C=O) groups is 2. The number of benzene rings is 2. The molecule has 0 bridgehead atoms. The molecular weight excluding hydrogens is 393 g/mol. The van der Waals surface area contributed by atoms with Crippen LogP contribution in [0.15, 0.2) is 36.4 Å². The van der Waals surface area contributed by atoms with E-state index < -0.39 is 23.6 Å². The maximum atomic E-state index is 12.9. The van der Waals surface area contributed by atoms with Gasteiger partial charge in [-0.25, -0.2) is 0 Å². The second kappa shape index (κ2) is 7.47. The van der Waals surface area contributed by atoms with Gasteiger partial charge in [0.2, 0.25) is 11.8 Å². The Labute approximate surface area is 165 Å². The predicted octanol–water partition coefficient (Wildman–Crippen LogP) is 4.97. The van der Waals surface area contributed by atoms with Gasteiger partial charge in [0.25, 0.3) is 0 Å². The Morgan fingerprint density at radius 1 is 1.14 bits per heavy atom. The van der Waals surface area contributed by atoms with Crippen LogP contribution < -0.4 is 10.2 Å². The minimum Gasteiger partial charge on any atom is -0.324 e. The van der Waals surface area contributed by atoms with Crippen LogP contribution in [0.3, 0.4) is 0 Å².